The Bertz CT molecular complexity index is 527. The molecule has 1 rings (SSSR count). The van der Waals surface area contributed by atoms with Crippen molar-refractivity contribution >= 4 is 24.1 Å². The normalized spacial score (nSPS) is 10.9. The molecule has 0 aliphatic carbocycles. The van der Waals surface area contributed by atoms with E-state index in [1.165, 1.54) is 20.3 Å². The van der Waals surface area contributed by atoms with Crippen molar-refractivity contribution in [2.24, 2.45) is 0 Å². The summed E-state index contributed by atoms with van der Waals surface area (Å²) in [6.45, 7) is 1.88. The van der Waals surface area contributed by atoms with Gasteiger partial charge in [0.05, 0.1) is 19.8 Å². The molecule has 0 amide bonds. The number of rotatable bonds is 4. The molecule has 0 bridgehead atoms. The number of esters is 2. The Morgan fingerprint density at radius 2 is 1.63 bits per heavy atom. The number of allylic oxidation sites excluding steroid dienone is 1. The Hall–Kier alpha value is -2.36. The number of carbonyl (C=O) groups excluding carboxylic acids is 2. The van der Waals surface area contributed by atoms with Gasteiger partial charge >= 0.3 is 11.9 Å². The first-order valence-corrected chi connectivity index (χ1v) is 5.73. The Labute approximate surface area is 112 Å². The first-order chi connectivity index (χ1) is 9.10. The second-order valence-electron chi connectivity index (χ2n) is 3.74. The van der Waals surface area contributed by atoms with Crippen molar-refractivity contribution in [3.05, 3.63) is 47.0 Å². The molecule has 0 saturated heterocycles. The zero-order valence-electron chi connectivity index (χ0n) is 11.2. The van der Waals surface area contributed by atoms with Gasteiger partial charge in [0.25, 0.3) is 0 Å². The van der Waals surface area contributed by atoms with Crippen molar-refractivity contribution in [3.63, 3.8) is 0 Å². The monoisotopic (exact) mass is 260 g/mol. The Morgan fingerprint density at radius 1 is 1.00 bits per heavy atom. The molecule has 0 atom stereocenters. The Morgan fingerprint density at radius 3 is 2.16 bits per heavy atom. The fourth-order valence-corrected chi connectivity index (χ4v) is 1.53. The van der Waals surface area contributed by atoms with Gasteiger partial charge in [-0.3, -0.25) is 0 Å². The molecule has 0 aliphatic rings. The van der Waals surface area contributed by atoms with Crippen LogP contribution in [0.5, 0.6) is 0 Å². The maximum atomic E-state index is 11.6. The summed E-state index contributed by atoms with van der Waals surface area (Å²) in [5.74, 6) is -0.866. The average molecular weight is 260 g/mol. The third-order valence-electron chi connectivity index (χ3n) is 2.37. The third kappa shape index (κ3) is 4.43. The highest BCUT2D eigenvalue weighted by atomic mass is 16.5. The maximum Gasteiger partial charge on any atom is 0.337 e. The van der Waals surface area contributed by atoms with Gasteiger partial charge in [0.15, 0.2) is 0 Å². The summed E-state index contributed by atoms with van der Waals surface area (Å²) >= 11 is 0. The molecule has 0 aromatic heterocycles. The minimum absolute atomic E-state index is 0.418. The maximum absolute atomic E-state index is 11.6. The van der Waals surface area contributed by atoms with Gasteiger partial charge in [-0.15, -0.1) is 0 Å². The van der Waals surface area contributed by atoms with Crippen LogP contribution in [0, 0.1) is 0 Å². The number of benzene rings is 1. The summed E-state index contributed by atoms with van der Waals surface area (Å²) < 4.78 is 9.21. The van der Waals surface area contributed by atoms with E-state index < -0.39 is 11.9 Å². The predicted molar refractivity (Wildman–Crippen MR) is 73.5 cm³/mol. The van der Waals surface area contributed by atoms with E-state index in [1.807, 2.05) is 25.1 Å². The van der Waals surface area contributed by atoms with Gasteiger partial charge in [0.2, 0.25) is 0 Å². The Kier molecular flexibility index (Phi) is 5.54. The van der Waals surface area contributed by atoms with Gasteiger partial charge in [-0.1, -0.05) is 12.2 Å². The third-order valence-corrected chi connectivity index (χ3v) is 2.37. The van der Waals surface area contributed by atoms with E-state index in [0.717, 1.165) is 11.1 Å². The second kappa shape index (κ2) is 7.16. The topological polar surface area (TPSA) is 52.6 Å². The molecule has 100 valence electrons. The molecule has 1 aromatic carbocycles. The minimum atomic E-state index is -0.448. The van der Waals surface area contributed by atoms with Gasteiger partial charge in [-0.05, 0) is 42.3 Å². The summed E-state index contributed by atoms with van der Waals surface area (Å²) in [7, 11) is 2.64. The molecule has 0 radical (unpaired) electrons. The lowest BCUT2D eigenvalue weighted by Crippen LogP contribution is -2.02. The molecular formula is C15H16O4. The van der Waals surface area contributed by atoms with E-state index in [4.69, 9.17) is 4.74 Å². The van der Waals surface area contributed by atoms with Crippen molar-refractivity contribution in [1.82, 2.24) is 0 Å². The average Bonchev–Trinajstić information content (AvgIpc) is 2.43. The lowest BCUT2D eigenvalue weighted by atomic mass is 10.0. The summed E-state index contributed by atoms with van der Waals surface area (Å²) in [6, 6.07) is 5.23. The molecular weight excluding hydrogens is 244 g/mol. The second-order valence-corrected chi connectivity index (χ2v) is 3.74. The predicted octanol–water partition coefficient (Wildman–Crippen LogP) is 2.69. The van der Waals surface area contributed by atoms with Crippen LogP contribution in [0.15, 0.2) is 30.4 Å². The van der Waals surface area contributed by atoms with Crippen LogP contribution in [0.3, 0.4) is 0 Å². The summed E-state index contributed by atoms with van der Waals surface area (Å²) in [6.07, 6.45) is 6.62. The first kappa shape index (κ1) is 14.7. The van der Waals surface area contributed by atoms with Crippen LogP contribution >= 0.6 is 0 Å². The van der Waals surface area contributed by atoms with Crippen LogP contribution in [0.1, 0.15) is 28.4 Å². The minimum Gasteiger partial charge on any atom is -0.466 e. The van der Waals surface area contributed by atoms with E-state index in [1.54, 1.807) is 18.2 Å². The highest BCUT2D eigenvalue weighted by Crippen LogP contribution is 2.14. The van der Waals surface area contributed by atoms with Gasteiger partial charge < -0.3 is 9.47 Å². The smallest absolute Gasteiger partial charge is 0.337 e. The van der Waals surface area contributed by atoms with E-state index in [2.05, 4.69) is 4.74 Å². The van der Waals surface area contributed by atoms with E-state index in [9.17, 15) is 9.59 Å². The van der Waals surface area contributed by atoms with Crippen LogP contribution in [0.4, 0.5) is 0 Å². The molecule has 1 aromatic rings. The van der Waals surface area contributed by atoms with Crippen molar-refractivity contribution in [2.45, 2.75) is 6.92 Å². The molecule has 0 heterocycles. The number of methoxy groups -OCH3 is 2. The van der Waals surface area contributed by atoms with Gasteiger partial charge in [-0.2, -0.15) is 0 Å². The number of hydrogen-bond donors (Lipinski definition) is 0. The van der Waals surface area contributed by atoms with Gasteiger partial charge in [-0.25, -0.2) is 9.59 Å². The standard InChI is InChI=1S/C15H16O4/c1-4-5-11-8-12(6-7-14(16)18-2)10-13(9-11)15(17)19-3/h4-10H,1-3H3/b5-4+,7-6+. The molecule has 19 heavy (non-hydrogen) atoms. The quantitative estimate of drug-likeness (QED) is 0.617. The lowest BCUT2D eigenvalue weighted by Gasteiger charge is -2.03. The highest BCUT2D eigenvalue weighted by Gasteiger charge is 2.07. The van der Waals surface area contributed by atoms with Crippen molar-refractivity contribution in [3.8, 4) is 0 Å². The van der Waals surface area contributed by atoms with E-state index in [-0.39, 0.29) is 0 Å². The largest absolute Gasteiger partial charge is 0.466 e. The highest BCUT2D eigenvalue weighted by molar-refractivity contribution is 5.92. The molecule has 0 spiro atoms. The van der Waals surface area contributed by atoms with Crippen LogP contribution in [0.2, 0.25) is 0 Å². The van der Waals surface area contributed by atoms with Crippen molar-refractivity contribution < 1.29 is 19.1 Å². The summed E-state index contributed by atoms with van der Waals surface area (Å²) in [5, 5.41) is 0. The van der Waals surface area contributed by atoms with Crippen LogP contribution in [0.25, 0.3) is 12.2 Å². The first-order valence-electron chi connectivity index (χ1n) is 5.73. The Balaban J connectivity index is 3.16. The lowest BCUT2D eigenvalue weighted by molar-refractivity contribution is -0.134. The van der Waals surface area contributed by atoms with Crippen LogP contribution in [-0.4, -0.2) is 26.2 Å². The van der Waals surface area contributed by atoms with Crippen molar-refractivity contribution in [1.29, 1.82) is 0 Å². The molecule has 0 aliphatic heterocycles. The van der Waals surface area contributed by atoms with E-state index >= 15 is 0 Å². The number of hydrogen-bond acceptors (Lipinski definition) is 4. The molecule has 4 heteroatoms. The summed E-state index contributed by atoms with van der Waals surface area (Å²) in [4.78, 5) is 22.6. The molecule has 0 fully saturated rings. The van der Waals surface area contributed by atoms with E-state index in [0.29, 0.717) is 5.56 Å². The fraction of sp³-hybridized carbons (Fsp3) is 0.200. The summed E-state index contributed by atoms with van der Waals surface area (Å²) in [5.41, 5.74) is 2.01. The fourth-order valence-electron chi connectivity index (χ4n) is 1.53. The van der Waals surface area contributed by atoms with Crippen molar-refractivity contribution in [2.75, 3.05) is 14.2 Å². The molecule has 0 saturated carbocycles. The number of ether oxygens (including phenoxy) is 2. The van der Waals surface area contributed by atoms with Gasteiger partial charge in [0.1, 0.15) is 0 Å². The zero-order chi connectivity index (χ0) is 14.3. The van der Waals surface area contributed by atoms with Gasteiger partial charge in [0, 0.05) is 6.08 Å². The molecule has 0 unspecified atom stereocenters. The SMILES string of the molecule is C/C=C/c1cc(/C=C/C(=O)OC)cc(C(=O)OC)c1. The number of carbonyl (C=O) groups is 2. The van der Waals surface area contributed by atoms with Crippen LogP contribution < -0.4 is 0 Å². The van der Waals surface area contributed by atoms with Crippen LogP contribution in [-0.2, 0) is 14.3 Å². The molecule has 4 nitrogen and oxygen atoms in total. The molecule has 0 N–H and O–H groups in total. The zero-order valence-corrected chi connectivity index (χ0v) is 11.2.